The van der Waals surface area contributed by atoms with Crippen LogP contribution in [0.25, 0.3) is 11.0 Å². The van der Waals surface area contributed by atoms with Gasteiger partial charge in [-0.2, -0.15) is 0 Å². The number of nitrogens with zero attached hydrogens (tertiary/aromatic N) is 3. The third kappa shape index (κ3) is 2.48. The van der Waals surface area contributed by atoms with E-state index >= 15 is 0 Å². The number of imidazole rings is 1. The van der Waals surface area contributed by atoms with Crippen LogP contribution in [0.4, 0.5) is 4.39 Å². The minimum Gasteiger partial charge on any atom is -0.327 e. The van der Waals surface area contributed by atoms with Crippen LogP contribution in [0.3, 0.4) is 0 Å². The zero-order valence-corrected chi connectivity index (χ0v) is 11.2. The van der Waals surface area contributed by atoms with E-state index in [-0.39, 0.29) is 5.82 Å². The molecule has 0 unspecified atom stereocenters. The summed E-state index contributed by atoms with van der Waals surface area (Å²) in [7, 11) is 0. The summed E-state index contributed by atoms with van der Waals surface area (Å²) >= 11 is 0. The number of hydrogen-bond donors (Lipinski definition) is 1. The summed E-state index contributed by atoms with van der Waals surface area (Å²) in [6.45, 7) is 7.95. The van der Waals surface area contributed by atoms with Crippen molar-refractivity contribution in [3.63, 3.8) is 0 Å². The molecule has 0 radical (unpaired) electrons. The number of piperazine rings is 1. The van der Waals surface area contributed by atoms with E-state index < -0.39 is 0 Å². The van der Waals surface area contributed by atoms with Gasteiger partial charge in [-0.05, 0) is 19.1 Å². The van der Waals surface area contributed by atoms with Crippen molar-refractivity contribution in [1.29, 1.82) is 0 Å². The first-order chi connectivity index (χ1) is 9.28. The van der Waals surface area contributed by atoms with Crippen molar-refractivity contribution in [2.24, 2.45) is 0 Å². The Bertz CT molecular complexity index is 572. The second-order valence-corrected chi connectivity index (χ2v) is 4.93. The van der Waals surface area contributed by atoms with Crippen molar-refractivity contribution in [2.75, 3.05) is 26.2 Å². The van der Waals surface area contributed by atoms with E-state index in [1.165, 1.54) is 12.1 Å². The molecular formula is C14H19FN4. The van der Waals surface area contributed by atoms with Gasteiger partial charge in [0.2, 0.25) is 0 Å². The van der Waals surface area contributed by atoms with Gasteiger partial charge in [-0.25, -0.2) is 9.37 Å². The molecule has 1 N–H and O–H groups in total. The highest BCUT2D eigenvalue weighted by Crippen LogP contribution is 2.18. The number of halogens is 1. The Morgan fingerprint density at radius 1 is 1.32 bits per heavy atom. The first-order valence-electron chi connectivity index (χ1n) is 6.85. The Hall–Kier alpha value is -1.46. The predicted octanol–water partition coefficient (Wildman–Crippen LogP) is 1.60. The highest BCUT2D eigenvalue weighted by atomic mass is 19.1. The fraction of sp³-hybridized carbons (Fsp3) is 0.500. The standard InChI is InChI=1S/C14H19FN4/c1-2-19-13-4-3-11(15)9-12(13)17-14(19)10-18-7-5-16-6-8-18/h3-4,9,16H,2,5-8,10H2,1H3. The summed E-state index contributed by atoms with van der Waals surface area (Å²) in [5.41, 5.74) is 1.78. The van der Waals surface area contributed by atoms with Gasteiger partial charge in [0.15, 0.2) is 0 Å². The van der Waals surface area contributed by atoms with Crippen LogP contribution in [-0.4, -0.2) is 40.6 Å². The van der Waals surface area contributed by atoms with Crippen molar-refractivity contribution in [2.45, 2.75) is 20.0 Å². The zero-order valence-electron chi connectivity index (χ0n) is 11.2. The molecule has 1 saturated heterocycles. The smallest absolute Gasteiger partial charge is 0.125 e. The van der Waals surface area contributed by atoms with Crippen molar-refractivity contribution >= 4 is 11.0 Å². The molecule has 19 heavy (non-hydrogen) atoms. The predicted molar refractivity (Wildman–Crippen MR) is 73.5 cm³/mol. The number of benzene rings is 1. The summed E-state index contributed by atoms with van der Waals surface area (Å²) < 4.78 is 15.4. The van der Waals surface area contributed by atoms with Crippen LogP contribution in [0.15, 0.2) is 18.2 Å². The van der Waals surface area contributed by atoms with Crippen LogP contribution in [-0.2, 0) is 13.1 Å². The molecule has 0 bridgehead atoms. The van der Waals surface area contributed by atoms with Crippen LogP contribution in [0.5, 0.6) is 0 Å². The molecule has 0 amide bonds. The van der Waals surface area contributed by atoms with Crippen molar-refractivity contribution in [3.05, 3.63) is 29.8 Å². The van der Waals surface area contributed by atoms with Crippen molar-refractivity contribution in [1.82, 2.24) is 19.8 Å². The molecule has 0 spiro atoms. The van der Waals surface area contributed by atoms with Crippen molar-refractivity contribution < 1.29 is 4.39 Å². The number of nitrogens with one attached hydrogen (secondary N) is 1. The Morgan fingerprint density at radius 2 is 2.11 bits per heavy atom. The molecule has 1 aliphatic heterocycles. The van der Waals surface area contributed by atoms with Gasteiger partial charge in [0.05, 0.1) is 17.6 Å². The molecule has 0 atom stereocenters. The maximum atomic E-state index is 13.3. The first kappa shape index (κ1) is 12.6. The molecule has 4 nitrogen and oxygen atoms in total. The second kappa shape index (κ2) is 5.27. The molecule has 1 aromatic heterocycles. The number of fused-ring (bicyclic) bond motifs is 1. The summed E-state index contributed by atoms with van der Waals surface area (Å²) in [5.74, 6) is 0.812. The summed E-state index contributed by atoms with van der Waals surface area (Å²) in [5, 5.41) is 3.34. The lowest BCUT2D eigenvalue weighted by atomic mass is 10.3. The molecular weight excluding hydrogens is 243 g/mol. The lowest BCUT2D eigenvalue weighted by Crippen LogP contribution is -2.43. The lowest BCUT2D eigenvalue weighted by molar-refractivity contribution is 0.225. The minimum atomic E-state index is -0.220. The highest BCUT2D eigenvalue weighted by Gasteiger charge is 2.15. The molecule has 3 rings (SSSR count). The van der Waals surface area contributed by atoms with Gasteiger partial charge in [0.1, 0.15) is 11.6 Å². The van der Waals surface area contributed by atoms with E-state index in [4.69, 9.17) is 0 Å². The van der Waals surface area contributed by atoms with E-state index in [9.17, 15) is 4.39 Å². The van der Waals surface area contributed by atoms with E-state index in [0.29, 0.717) is 0 Å². The number of rotatable bonds is 3. The van der Waals surface area contributed by atoms with Crippen molar-refractivity contribution in [3.8, 4) is 0 Å². The number of hydrogen-bond acceptors (Lipinski definition) is 3. The van der Waals surface area contributed by atoms with Gasteiger partial charge in [-0.3, -0.25) is 4.90 Å². The summed E-state index contributed by atoms with van der Waals surface area (Å²) in [6, 6.07) is 4.84. The Morgan fingerprint density at radius 3 is 2.84 bits per heavy atom. The fourth-order valence-electron chi connectivity index (χ4n) is 2.70. The topological polar surface area (TPSA) is 33.1 Å². The zero-order chi connectivity index (χ0) is 13.2. The quantitative estimate of drug-likeness (QED) is 0.912. The van der Waals surface area contributed by atoms with Gasteiger partial charge >= 0.3 is 0 Å². The number of aromatic nitrogens is 2. The monoisotopic (exact) mass is 262 g/mol. The van der Waals surface area contributed by atoms with Gasteiger partial charge in [0, 0.05) is 38.8 Å². The molecule has 0 saturated carbocycles. The van der Waals surface area contributed by atoms with Crippen LogP contribution < -0.4 is 5.32 Å². The van der Waals surface area contributed by atoms with E-state index in [1.54, 1.807) is 0 Å². The average molecular weight is 262 g/mol. The van der Waals surface area contributed by atoms with Crippen LogP contribution in [0.2, 0.25) is 0 Å². The van der Waals surface area contributed by atoms with Gasteiger partial charge in [-0.1, -0.05) is 0 Å². The molecule has 2 heterocycles. The molecule has 1 fully saturated rings. The largest absolute Gasteiger partial charge is 0.327 e. The Labute approximate surface area is 112 Å². The third-order valence-corrected chi connectivity index (χ3v) is 3.68. The average Bonchev–Trinajstić information content (AvgIpc) is 2.76. The molecule has 5 heteroatoms. The summed E-state index contributed by atoms with van der Waals surface area (Å²) in [6.07, 6.45) is 0. The molecule has 2 aromatic rings. The van der Waals surface area contributed by atoms with Crippen LogP contribution in [0, 0.1) is 5.82 Å². The second-order valence-electron chi connectivity index (χ2n) is 4.93. The van der Waals surface area contributed by atoms with Gasteiger partial charge in [0.25, 0.3) is 0 Å². The van der Waals surface area contributed by atoms with E-state index in [2.05, 4.69) is 26.7 Å². The Kier molecular flexibility index (Phi) is 3.48. The van der Waals surface area contributed by atoms with Crippen LogP contribution in [0.1, 0.15) is 12.7 Å². The number of aryl methyl sites for hydroxylation is 1. The summed E-state index contributed by atoms with van der Waals surface area (Å²) in [4.78, 5) is 6.99. The first-order valence-corrected chi connectivity index (χ1v) is 6.85. The Balaban J connectivity index is 1.93. The molecule has 102 valence electrons. The SMILES string of the molecule is CCn1c(CN2CCNCC2)nc2cc(F)ccc21. The highest BCUT2D eigenvalue weighted by molar-refractivity contribution is 5.76. The van der Waals surface area contributed by atoms with Gasteiger partial charge in [-0.15, -0.1) is 0 Å². The van der Waals surface area contributed by atoms with Gasteiger partial charge < -0.3 is 9.88 Å². The lowest BCUT2D eigenvalue weighted by Gasteiger charge is -2.26. The van der Waals surface area contributed by atoms with E-state index in [1.807, 2.05) is 6.07 Å². The van der Waals surface area contributed by atoms with Crippen LogP contribution >= 0.6 is 0 Å². The van der Waals surface area contributed by atoms with E-state index in [0.717, 1.165) is 56.1 Å². The minimum absolute atomic E-state index is 0.220. The molecule has 1 aromatic carbocycles. The maximum absolute atomic E-state index is 13.3. The normalized spacial score (nSPS) is 17.2. The molecule has 0 aliphatic carbocycles. The molecule has 1 aliphatic rings. The third-order valence-electron chi connectivity index (χ3n) is 3.68. The maximum Gasteiger partial charge on any atom is 0.125 e. The fourth-order valence-corrected chi connectivity index (χ4v) is 2.70.